The summed E-state index contributed by atoms with van der Waals surface area (Å²) >= 11 is 0. The van der Waals surface area contributed by atoms with Gasteiger partial charge in [0.1, 0.15) is 0 Å². The molecule has 1 N–H and O–H groups in total. The Bertz CT molecular complexity index is 298. The predicted molar refractivity (Wildman–Crippen MR) is 87.6 cm³/mol. The van der Waals surface area contributed by atoms with Crippen molar-refractivity contribution in [2.45, 2.75) is 84.5 Å². The lowest BCUT2D eigenvalue weighted by Crippen LogP contribution is -2.61. The Kier molecular flexibility index (Phi) is 6.51. The Labute approximate surface area is 131 Å². The highest BCUT2D eigenvalue weighted by Crippen LogP contribution is 2.42. The third-order valence-corrected chi connectivity index (χ3v) is 5.21. The van der Waals surface area contributed by atoms with Crippen LogP contribution in [0.1, 0.15) is 66.2 Å². The van der Waals surface area contributed by atoms with E-state index in [1.807, 2.05) is 0 Å². The van der Waals surface area contributed by atoms with E-state index < -0.39 is 0 Å². The van der Waals surface area contributed by atoms with Crippen LogP contribution < -0.4 is 5.32 Å². The van der Waals surface area contributed by atoms with E-state index in [4.69, 9.17) is 9.47 Å². The van der Waals surface area contributed by atoms with Gasteiger partial charge in [-0.1, -0.05) is 47.0 Å². The smallest absolute Gasteiger partial charge is 0.0656 e. The second-order valence-corrected chi connectivity index (χ2v) is 7.91. The first-order chi connectivity index (χ1) is 10.00. The summed E-state index contributed by atoms with van der Waals surface area (Å²) in [7, 11) is 0. The van der Waals surface area contributed by atoms with Crippen LogP contribution in [0.3, 0.4) is 0 Å². The zero-order chi connectivity index (χ0) is 15.3. The SMILES string of the molecule is CC(C)COC1CC(NCCOC2CCCCC2)C1(C)C. The first-order valence-corrected chi connectivity index (χ1v) is 8.96. The Morgan fingerprint density at radius 2 is 1.81 bits per heavy atom. The molecule has 0 aromatic carbocycles. The standard InChI is InChI=1S/C18H35NO2/c1-14(2)13-21-17-12-16(18(17,3)4)19-10-11-20-15-8-6-5-7-9-15/h14-17,19H,5-13H2,1-4H3. The Morgan fingerprint density at radius 1 is 1.10 bits per heavy atom. The fourth-order valence-electron chi connectivity index (χ4n) is 3.51. The molecule has 2 saturated carbocycles. The summed E-state index contributed by atoms with van der Waals surface area (Å²) in [5, 5.41) is 3.66. The molecule has 2 atom stereocenters. The molecule has 2 aliphatic carbocycles. The molecule has 0 heterocycles. The summed E-state index contributed by atoms with van der Waals surface area (Å²) in [5.74, 6) is 0.622. The Morgan fingerprint density at radius 3 is 2.43 bits per heavy atom. The van der Waals surface area contributed by atoms with Crippen molar-refractivity contribution in [3.8, 4) is 0 Å². The third-order valence-electron chi connectivity index (χ3n) is 5.21. The Hall–Kier alpha value is -0.120. The maximum atomic E-state index is 6.02. The van der Waals surface area contributed by atoms with Crippen molar-refractivity contribution < 1.29 is 9.47 Å². The van der Waals surface area contributed by atoms with E-state index in [2.05, 4.69) is 33.0 Å². The third kappa shape index (κ3) is 4.94. The molecule has 0 bridgehead atoms. The van der Waals surface area contributed by atoms with E-state index in [0.29, 0.717) is 24.2 Å². The van der Waals surface area contributed by atoms with Gasteiger partial charge in [-0.2, -0.15) is 0 Å². The van der Waals surface area contributed by atoms with Gasteiger partial charge in [0.25, 0.3) is 0 Å². The van der Waals surface area contributed by atoms with Crippen LogP contribution in [0.2, 0.25) is 0 Å². The molecule has 3 heteroatoms. The van der Waals surface area contributed by atoms with Crippen LogP contribution in [0.15, 0.2) is 0 Å². The molecule has 124 valence electrons. The van der Waals surface area contributed by atoms with Crippen molar-refractivity contribution in [2.75, 3.05) is 19.8 Å². The quantitative estimate of drug-likeness (QED) is 0.692. The van der Waals surface area contributed by atoms with Gasteiger partial charge in [0.05, 0.1) is 18.8 Å². The van der Waals surface area contributed by atoms with E-state index in [1.54, 1.807) is 0 Å². The number of hydrogen-bond donors (Lipinski definition) is 1. The minimum absolute atomic E-state index is 0.250. The summed E-state index contributed by atoms with van der Waals surface area (Å²) in [6.45, 7) is 11.8. The Balaban J connectivity index is 1.57. The molecule has 0 aromatic heterocycles. The van der Waals surface area contributed by atoms with Crippen LogP contribution in [0.25, 0.3) is 0 Å². The summed E-state index contributed by atoms with van der Waals surface area (Å²) in [6.07, 6.45) is 8.70. The normalized spacial score (nSPS) is 29.6. The summed E-state index contributed by atoms with van der Waals surface area (Å²) in [5.41, 5.74) is 0.250. The zero-order valence-electron chi connectivity index (χ0n) is 14.5. The highest BCUT2D eigenvalue weighted by atomic mass is 16.5. The minimum Gasteiger partial charge on any atom is -0.377 e. The highest BCUT2D eigenvalue weighted by Gasteiger charge is 2.48. The molecule has 2 fully saturated rings. The fraction of sp³-hybridized carbons (Fsp3) is 1.00. The van der Waals surface area contributed by atoms with Crippen molar-refractivity contribution >= 4 is 0 Å². The van der Waals surface area contributed by atoms with E-state index in [9.17, 15) is 0 Å². The van der Waals surface area contributed by atoms with Gasteiger partial charge < -0.3 is 14.8 Å². The summed E-state index contributed by atoms with van der Waals surface area (Å²) in [6, 6.07) is 0.574. The first-order valence-electron chi connectivity index (χ1n) is 8.96. The molecule has 3 nitrogen and oxygen atoms in total. The van der Waals surface area contributed by atoms with Gasteiger partial charge in [0, 0.05) is 24.6 Å². The molecule has 0 spiro atoms. The molecule has 2 unspecified atom stereocenters. The van der Waals surface area contributed by atoms with Crippen molar-refractivity contribution in [2.24, 2.45) is 11.3 Å². The average molecular weight is 297 g/mol. The van der Waals surface area contributed by atoms with E-state index >= 15 is 0 Å². The van der Waals surface area contributed by atoms with Crippen LogP contribution in [-0.4, -0.2) is 38.0 Å². The lowest BCUT2D eigenvalue weighted by atomic mass is 9.64. The fourth-order valence-corrected chi connectivity index (χ4v) is 3.51. The van der Waals surface area contributed by atoms with E-state index in [0.717, 1.165) is 26.2 Å². The lowest BCUT2D eigenvalue weighted by molar-refractivity contribution is -0.124. The van der Waals surface area contributed by atoms with Crippen LogP contribution in [-0.2, 0) is 9.47 Å². The molecular weight excluding hydrogens is 262 g/mol. The zero-order valence-corrected chi connectivity index (χ0v) is 14.5. The molecule has 2 rings (SSSR count). The average Bonchev–Trinajstić information content (AvgIpc) is 2.45. The monoisotopic (exact) mass is 297 g/mol. The first kappa shape index (κ1) is 17.2. The molecular formula is C18H35NO2. The minimum atomic E-state index is 0.250. The number of ether oxygens (including phenoxy) is 2. The van der Waals surface area contributed by atoms with Gasteiger partial charge in [-0.15, -0.1) is 0 Å². The predicted octanol–water partition coefficient (Wildman–Crippen LogP) is 3.77. The number of rotatable bonds is 8. The second kappa shape index (κ2) is 7.94. The maximum Gasteiger partial charge on any atom is 0.0656 e. The van der Waals surface area contributed by atoms with Crippen molar-refractivity contribution in [1.82, 2.24) is 5.32 Å². The molecule has 21 heavy (non-hydrogen) atoms. The van der Waals surface area contributed by atoms with Crippen molar-refractivity contribution in [3.63, 3.8) is 0 Å². The molecule has 0 saturated heterocycles. The highest BCUT2D eigenvalue weighted by molar-refractivity contribution is 5.02. The van der Waals surface area contributed by atoms with Gasteiger partial charge >= 0.3 is 0 Å². The van der Waals surface area contributed by atoms with E-state index in [1.165, 1.54) is 32.1 Å². The number of nitrogens with one attached hydrogen (secondary N) is 1. The molecule has 0 amide bonds. The summed E-state index contributed by atoms with van der Waals surface area (Å²) in [4.78, 5) is 0. The van der Waals surface area contributed by atoms with Crippen LogP contribution in [0.5, 0.6) is 0 Å². The molecule has 0 aliphatic heterocycles. The van der Waals surface area contributed by atoms with Gasteiger partial charge in [-0.05, 0) is 25.2 Å². The molecule has 0 aromatic rings. The summed E-state index contributed by atoms with van der Waals surface area (Å²) < 4.78 is 12.0. The second-order valence-electron chi connectivity index (χ2n) is 7.91. The van der Waals surface area contributed by atoms with Crippen molar-refractivity contribution in [1.29, 1.82) is 0 Å². The number of hydrogen-bond acceptors (Lipinski definition) is 3. The van der Waals surface area contributed by atoms with Crippen LogP contribution in [0, 0.1) is 11.3 Å². The lowest BCUT2D eigenvalue weighted by Gasteiger charge is -2.52. The molecule has 2 aliphatic rings. The van der Waals surface area contributed by atoms with Crippen molar-refractivity contribution in [3.05, 3.63) is 0 Å². The largest absolute Gasteiger partial charge is 0.377 e. The van der Waals surface area contributed by atoms with Gasteiger partial charge in [-0.25, -0.2) is 0 Å². The molecule has 0 radical (unpaired) electrons. The van der Waals surface area contributed by atoms with E-state index in [-0.39, 0.29) is 5.41 Å². The van der Waals surface area contributed by atoms with Crippen LogP contribution >= 0.6 is 0 Å². The van der Waals surface area contributed by atoms with Gasteiger partial charge in [0.15, 0.2) is 0 Å². The van der Waals surface area contributed by atoms with Gasteiger partial charge in [0.2, 0.25) is 0 Å². The maximum absolute atomic E-state index is 6.02. The van der Waals surface area contributed by atoms with Gasteiger partial charge in [-0.3, -0.25) is 0 Å². The topological polar surface area (TPSA) is 30.5 Å². The van der Waals surface area contributed by atoms with Crippen LogP contribution in [0.4, 0.5) is 0 Å².